The highest BCUT2D eigenvalue weighted by Crippen LogP contribution is 2.27. The van der Waals surface area contributed by atoms with E-state index in [9.17, 15) is 4.79 Å². The Kier molecular flexibility index (Phi) is 7.69. The molecule has 4 rings (SSSR count). The number of carbonyl (C=O) groups excluding carboxylic acids is 1. The summed E-state index contributed by atoms with van der Waals surface area (Å²) in [6.07, 6.45) is 3.10. The van der Waals surface area contributed by atoms with Crippen LogP contribution in [-0.4, -0.2) is 70.4 Å². The third-order valence-corrected chi connectivity index (χ3v) is 7.63. The summed E-state index contributed by atoms with van der Waals surface area (Å²) >= 11 is 12.2. The van der Waals surface area contributed by atoms with Gasteiger partial charge in [0.1, 0.15) is 0 Å². The van der Waals surface area contributed by atoms with Crippen LogP contribution in [0.2, 0.25) is 10.0 Å². The lowest BCUT2D eigenvalue weighted by Crippen LogP contribution is -2.48. The number of benzene rings is 1. The van der Waals surface area contributed by atoms with Crippen molar-refractivity contribution in [2.45, 2.75) is 59.2 Å². The van der Waals surface area contributed by atoms with Crippen LogP contribution in [0.1, 0.15) is 43.6 Å². The minimum atomic E-state index is 0.182. The van der Waals surface area contributed by atoms with Crippen LogP contribution < -0.4 is 0 Å². The van der Waals surface area contributed by atoms with E-state index in [0.29, 0.717) is 34.6 Å². The van der Waals surface area contributed by atoms with Gasteiger partial charge in [-0.15, -0.1) is 0 Å². The molecule has 0 bridgehead atoms. The Morgan fingerprint density at radius 3 is 2.39 bits per heavy atom. The van der Waals surface area contributed by atoms with Crippen molar-refractivity contribution in [2.75, 3.05) is 32.7 Å². The van der Waals surface area contributed by atoms with E-state index in [2.05, 4.69) is 23.8 Å². The van der Waals surface area contributed by atoms with E-state index < -0.39 is 0 Å². The minimum Gasteiger partial charge on any atom is -0.373 e. The molecule has 0 radical (unpaired) electrons. The van der Waals surface area contributed by atoms with Crippen molar-refractivity contribution in [3.63, 3.8) is 0 Å². The fraction of sp³-hybridized carbons (Fsp3) is 0.600. The van der Waals surface area contributed by atoms with Crippen LogP contribution in [0.25, 0.3) is 5.69 Å². The standard InChI is InChI=1S/C25H34Cl2N4O2/c1-16-13-29(14-17(2)33-16)15-20-7-9-30(10-8-20)25(32)12-22-18(3)28-31(19(22)4)21-5-6-23(26)24(27)11-21/h5-6,11,16-17,20H,7-10,12-15H2,1-4H3. The molecule has 0 spiro atoms. The van der Waals surface area contributed by atoms with Crippen molar-refractivity contribution in [3.8, 4) is 5.69 Å². The average Bonchev–Trinajstić information content (AvgIpc) is 3.03. The zero-order chi connectivity index (χ0) is 23.7. The molecule has 2 fully saturated rings. The van der Waals surface area contributed by atoms with Crippen LogP contribution in [0, 0.1) is 19.8 Å². The number of morpholine rings is 1. The van der Waals surface area contributed by atoms with Gasteiger partial charge in [0.05, 0.1) is 40.1 Å². The summed E-state index contributed by atoms with van der Waals surface area (Å²) in [4.78, 5) is 17.7. The molecule has 2 saturated heterocycles. The molecule has 0 N–H and O–H groups in total. The Morgan fingerprint density at radius 2 is 1.76 bits per heavy atom. The molecule has 1 aromatic heterocycles. The molecule has 1 amide bonds. The van der Waals surface area contributed by atoms with E-state index >= 15 is 0 Å². The topological polar surface area (TPSA) is 50.6 Å². The summed E-state index contributed by atoms with van der Waals surface area (Å²) in [6.45, 7) is 13.0. The van der Waals surface area contributed by atoms with Gasteiger partial charge >= 0.3 is 0 Å². The number of piperidine rings is 1. The van der Waals surface area contributed by atoms with Crippen LogP contribution in [0.5, 0.6) is 0 Å². The van der Waals surface area contributed by atoms with E-state index in [-0.39, 0.29) is 5.91 Å². The van der Waals surface area contributed by atoms with Crippen molar-refractivity contribution in [1.29, 1.82) is 0 Å². The normalized spacial score (nSPS) is 22.7. The smallest absolute Gasteiger partial charge is 0.227 e. The van der Waals surface area contributed by atoms with E-state index in [1.807, 2.05) is 29.5 Å². The fourth-order valence-electron chi connectivity index (χ4n) is 5.23. The van der Waals surface area contributed by atoms with Gasteiger partial charge in [-0.25, -0.2) is 4.68 Å². The summed E-state index contributed by atoms with van der Waals surface area (Å²) in [5.41, 5.74) is 3.67. The van der Waals surface area contributed by atoms with Crippen molar-refractivity contribution in [3.05, 3.63) is 45.2 Å². The molecule has 180 valence electrons. The number of nitrogens with zero attached hydrogens (tertiary/aromatic N) is 4. The van der Waals surface area contributed by atoms with Crippen LogP contribution in [0.15, 0.2) is 18.2 Å². The van der Waals surface area contributed by atoms with Crippen molar-refractivity contribution in [2.24, 2.45) is 5.92 Å². The summed E-state index contributed by atoms with van der Waals surface area (Å²) < 4.78 is 7.70. The van der Waals surface area contributed by atoms with E-state index in [0.717, 1.165) is 68.2 Å². The highest BCUT2D eigenvalue weighted by Gasteiger charge is 2.28. The van der Waals surface area contributed by atoms with E-state index in [4.69, 9.17) is 27.9 Å². The molecule has 6 nitrogen and oxygen atoms in total. The number of hydrogen-bond donors (Lipinski definition) is 0. The fourth-order valence-corrected chi connectivity index (χ4v) is 5.52. The van der Waals surface area contributed by atoms with E-state index in [1.165, 1.54) is 0 Å². The number of aromatic nitrogens is 2. The van der Waals surface area contributed by atoms with Gasteiger partial charge in [-0.1, -0.05) is 23.2 Å². The summed E-state index contributed by atoms with van der Waals surface area (Å²) in [5.74, 6) is 0.828. The molecule has 2 aliphatic heterocycles. The van der Waals surface area contributed by atoms with Gasteiger partial charge < -0.3 is 9.64 Å². The number of rotatable bonds is 5. The molecular formula is C25H34Cl2N4O2. The second-order valence-electron chi connectivity index (χ2n) is 9.64. The van der Waals surface area contributed by atoms with Gasteiger partial charge in [-0.2, -0.15) is 5.10 Å². The lowest BCUT2D eigenvalue weighted by Gasteiger charge is -2.39. The maximum Gasteiger partial charge on any atom is 0.227 e. The predicted octanol–water partition coefficient (Wildman–Crippen LogP) is 4.69. The molecule has 2 aliphatic rings. The Morgan fingerprint density at radius 1 is 1.09 bits per heavy atom. The van der Waals surface area contributed by atoms with Gasteiger partial charge in [0.25, 0.3) is 0 Å². The molecule has 1 aromatic carbocycles. The Balaban J connectivity index is 1.35. The van der Waals surface area contributed by atoms with Crippen LogP contribution in [-0.2, 0) is 16.0 Å². The Labute approximate surface area is 206 Å². The second kappa shape index (κ2) is 10.3. The van der Waals surface area contributed by atoms with Gasteiger partial charge in [0, 0.05) is 44.0 Å². The number of carbonyl (C=O) groups is 1. The Hall–Kier alpha value is -1.60. The zero-order valence-corrected chi connectivity index (χ0v) is 21.5. The first-order valence-corrected chi connectivity index (χ1v) is 12.6. The highest BCUT2D eigenvalue weighted by molar-refractivity contribution is 6.42. The number of ether oxygens (including phenoxy) is 1. The van der Waals surface area contributed by atoms with E-state index in [1.54, 1.807) is 12.1 Å². The summed E-state index contributed by atoms with van der Waals surface area (Å²) in [5, 5.41) is 5.67. The molecule has 2 aromatic rings. The maximum atomic E-state index is 13.1. The molecule has 0 saturated carbocycles. The zero-order valence-electron chi connectivity index (χ0n) is 20.0. The van der Waals surface area contributed by atoms with Crippen molar-refractivity contribution >= 4 is 29.1 Å². The number of amides is 1. The third kappa shape index (κ3) is 5.73. The third-order valence-electron chi connectivity index (χ3n) is 6.90. The largest absolute Gasteiger partial charge is 0.373 e. The lowest BCUT2D eigenvalue weighted by molar-refractivity contribution is -0.132. The second-order valence-corrected chi connectivity index (χ2v) is 10.5. The first-order valence-electron chi connectivity index (χ1n) is 11.9. The van der Waals surface area contributed by atoms with Crippen LogP contribution >= 0.6 is 23.2 Å². The first kappa shape index (κ1) is 24.5. The number of aryl methyl sites for hydroxylation is 1. The molecule has 2 unspecified atom stereocenters. The van der Waals surface area contributed by atoms with Gasteiger partial charge in [0.2, 0.25) is 5.91 Å². The van der Waals surface area contributed by atoms with Gasteiger partial charge in [0.15, 0.2) is 0 Å². The predicted molar refractivity (Wildman–Crippen MR) is 133 cm³/mol. The molecule has 2 atom stereocenters. The van der Waals surface area contributed by atoms with Crippen molar-refractivity contribution in [1.82, 2.24) is 19.6 Å². The first-order chi connectivity index (χ1) is 15.7. The molecule has 33 heavy (non-hydrogen) atoms. The molecule has 3 heterocycles. The average molecular weight is 493 g/mol. The van der Waals surface area contributed by atoms with Gasteiger partial charge in [-0.3, -0.25) is 9.69 Å². The highest BCUT2D eigenvalue weighted by atomic mass is 35.5. The minimum absolute atomic E-state index is 0.182. The lowest BCUT2D eigenvalue weighted by atomic mass is 9.95. The monoisotopic (exact) mass is 492 g/mol. The Bertz CT molecular complexity index is 991. The molecular weight excluding hydrogens is 459 g/mol. The molecule has 0 aliphatic carbocycles. The summed E-state index contributed by atoms with van der Waals surface area (Å²) in [7, 11) is 0. The number of likely N-dealkylation sites (tertiary alicyclic amines) is 1. The maximum absolute atomic E-state index is 13.1. The van der Waals surface area contributed by atoms with Crippen molar-refractivity contribution < 1.29 is 9.53 Å². The van der Waals surface area contributed by atoms with Gasteiger partial charge in [-0.05, 0) is 64.7 Å². The quantitative estimate of drug-likeness (QED) is 0.607. The summed E-state index contributed by atoms with van der Waals surface area (Å²) in [6, 6.07) is 5.46. The number of hydrogen-bond acceptors (Lipinski definition) is 4. The SMILES string of the molecule is Cc1nn(-c2ccc(Cl)c(Cl)c2)c(C)c1CC(=O)N1CCC(CN2CC(C)OC(C)C2)CC1. The number of halogens is 2. The van der Waals surface area contributed by atoms with Crippen LogP contribution in [0.3, 0.4) is 0 Å². The molecule has 8 heteroatoms. The van der Waals surface area contributed by atoms with Crippen LogP contribution in [0.4, 0.5) is 0 Å².